The van der Waals surface area contributed by atoms with Crippen LogP contribution in [0.4, 0.5) is 0 Å². The van der Waals surface area contributed by atoms with E-state index < -0.39 is 30.7 Å². The Morgan fingerprint density at radius 2 is 1.45 bits per heavy atom. The summed E-state index contributed by atoms with van der Waals surface area (Å²) in [4.78, 5) is 0. The Bertz CT molecular complexity index is 125. The molecule has 1 fully saturated rings. The summed E-state index contributed by atoms with van der Waals surface area (Å²) in [5, 5.41) is 35.6. The molecule has 0 spiro atoms. The summed E-state index contributed by atoms with van der Waals surface area (Å²) in [7, 11) is 0. The number of hydrogen-bond acceptors (Lipinski definition) is 5. The highest BCUT2D eigenvalue weighted by Gasteiger charge is 2.40. The van der Waals surface area contributed by atoms with Gasteiger partial charge in [0.25, 0.3) is 0 Å². The Kier molecular flexibility index (Phi) is 2.46. The molecule has 1 saturated heterocycles. The van der Waals surface area contributed by atoms with Crippen molar-refractivity contribution in [1.29, 1.82) is 0 Å². The Morgan fingerprint density at radius 3 is 2.00 bits per heavy atom. The molecule has 1 aliphatic rings. The number of aliphatic hydroxyl groups excluding tert-OH is 4. The lowest BCUT2D eigenvalue weighted by atomic mass is 10.0. The van der Waals surface area contributed by atoms with Crippen molar-refractivity contribution in [2.45, 2.75) is 30.7 Å². The average Bonchev–Trinajstić information content (AvgIpc) is 1.97. The van der Waals surface area contributed by atoms with Crippen molar-refractivity contribution in [3.8, 4) is 0 Å². The zero-order valence-corrected chi connectivity index (χ0v) is 5.66. The van der Waals surface area contributed by atoms with Gasteiger partial charge >= 0.3 is 0 Å². The molecule has 0 aromatic heterocycles. The van der Waals surface area contributed by atoms with Crippen LogP contribution >= 0.6 is 0 Å². The Morgan fingerprint density at radius 1 is 0.909 bits per heavy atom. The van der Waals surface area contributed by atoms with Gasteiger partial charge in [-0.05, 0) is 6.92 Å². The first-order valence-electron chi connectivity index (χ1n) is 3.17. The number of aliphatic hydroxyl groups is 4. The summed E-state index contributed by atoms with van der Waals surface area (Å²) in [5.74, 6) is 0. The van der Waals surface area contributed by atoms with Crippen LogP contribution in [-0.2, 0) is 4.74 Å². The molecule has 0 aromatic carbocycles. The van der Waals surface area contributed by atoms with Crippen LogP contribution in [-0.4, -0.2) is 51.1 Å². The summed E-state index contributed by atoms with van der Waals surface area (Å²) in [6.07, 6.45) is -7.04. The maximum atomic E-state index is 8.97. The molecule has 0 aromatic rings. The highest BCUT2D eigenvalue weighted by molar-refractivity contribution is 4.89. The van der Waals surface area contributed by atoms with E-state index in [1.165, 1.54) is 0 Å². The molecular formula is C6H10O5. The van der Waals surface area contributed by atoms with E-state index in [0.29, 0.717) is 0 Å². The van der Waals surface area contributed by atoms with E-state index in [-0.39, 0.29) is 0 Å². The second kappa shape index (κ2) is 3.04. The third kappa shape index (κ3) is 1.52. The van der Waals surface area contributed by atoms with E-state index in [9.17, 15) is 0 Å². The molecule has 0 bridgehead atoms. The summed E-state index contributed by atoms with van der Waals surface area (Å²) in [6, 6.07) is 0. The third-order valence-corrected chi connectivity index (χ3v) is 1.63. The van der Waals surface area contributed by atoms with Gasteiger partial charge in [-0.25, -0.2) is 0 Å². The predicted molar refractivity (Wildman–Crippen MR) is 33.2 cm³/mol. The molecule has 11 heavy (non-hydrogen) atoms. The molecule has 64 valence electrons. The van der Waals surface area contributed by atoms with Crippen molar-refractivity contribution in [2.75, 3.05) is 0 Å². The predicted octanol–water partition coefficient (Wildman–Crippen LogP) is -2.50. The Hall–Kier alpha value is -0.200. The Balaban J connectivity index is 2.63. The fourth-order valence-corrected chi connectivity index (χ4v) is 0.887. The molecule has 0 amide bonds. The molecule has 4 N–H and O–H groups in total. The second-order valence-electron chi connectivity index (χ2n) is 2.46. The molecule has 5 heteroatoms. The minimum atomic E-state index is -1.54. The van der Waals surface area contributed by atoms with Gasteiger partial charge in [-0.1, -0.05) is 0 Å². The lowest BCUT2D eigenvalue weighted by Crippen LogP contribution is -2.56. The van der Waals surface area contributed by atoms with Crippen LogP contribution in [0.25, 0.3) is 0 Å². The molecule has 1 aliphatic heterocycles. The van der Waals surface area contributed by atoms with E-state index >= 15 is 0 Å². The van der Waals surface area contributed by atoms with E-state index in [4.69, 9.17) is 27.3 Å². The van der Waals surface area contributed by atoms with Gasteiger partial charge < -0.3 is 25.2 Å². The lowest BCUT2D eigenvalue weighted by molar-refractivity contribution is -0.271. The first kappa shape index (κ1) is 8.89. The SMILES string of the molecule is [CH][C@H]1OC(O)[C@@H](O)[C@@H](O)[C@@H]1O. The van der Waals surface area contributed by atoms with Crippen LogP contribution in [0, 0.1) is 6.92 Å². The van der Waals surface area contributed by atoms with Gasteiger partial charge in [0.2, 0.25) is 0 Å². The largest absolute Gasteiger partial charge is 0.388 e. The van der Waals surface area contributed by atoms with Crippen molar-refractivity contribution in [3.63, 3.8) is 0 Å². The van der Waals surface area contributed by atoms with Crippen LogP contribution in [0.5, 0.6) is 0 Å². The molecule has 1 heterocycles. The van der Waals surface area contributed by atoms with Gasteiger partial charge in [-0.15, -0.1) is 0 Å². The minimum Gasteiger partial charge on any atom is -0.388 e. The zero-order valence-electron chi connectivity index (χ0n) is 5.66. The van der Waals surface area contributed by atoms with Crippen LogP contribution in [0.3, 0.4) is 0 Å². The van der Waals surface area contributed by atoms with Gasteiger partial charge in [0.05, 0.1) is 6.10 Å². The second-order valence-corrected chi connectivity index (χ2v) is 2.46. The van der Waals surface area contributed by atoms with E-state index in [0.717, 1.165) is 0 Å². The summed E-state index contributed by atoms with van der Waals surface area (Å²) in [6.45, 7) is 5.12. The maximum absolute atomic E-state index is 8.97. The fraction of sp³-hybridized carbons (Fsp3) is 0.833. The molecule has 2 radical (unpaired) electrons. The van der Waals surface area contributed by atoms with E-state index in [1.807, 2.05) is 0 Å². The molecule has 1 rings (SSSR count). The Labute approximate surface area is 63.8 Å². The monoisotopic (exact) mass is 162 g/mol. The fourth-order valence-electron chi connectivity index (χ4n) is 0.887. The number of ether oxygens (including phenoxy) is 1. The van der Waals surface area contributed by atoms with Crippen molar-refractivity contribution < 1.29 is 25.2 Å². The minimum absolute atomic E-state index is 1.16. The molecule has 0 aliphatic carbocycles. The quantitative estimate of drug-likeness (QED) is 0.316. The normalized spacial score (nSPS) is 52.6. The first-order valence-corrected chi connectivity index (χ1v) is 3.17. The van der Waals surface area contributed by atoms with Crippen LogP contribution in [0.15, 0.2) is 0 Å². The third-order valence-electron chi connectivity index (χ3n) is 1.63. The van der Waals surface area contributed by atoms with Gasteiger partial charge in [0.1, 0.15) is 18.3 Å². The topological polar surface area (TPSA) is 90.2 Å². The van der Waals surface area contributed by atoms with Crippen molar-refractivity contribution in [1.82, 2.24) is 0 Å². The molecule has 5 atom stereocenters. The van der Waals surface area contributed by atoms with Crippen LogP contribution in [0.1, 0.15) is 0 Å². The zero-order chi connectivity index (χ0) is 8.59. The van der Waals surface area contributed by atoms with E-state index in [2.05, 4.69) is 4.74 Å². The van der Waals surface area contributed by atoms with Crippen LogP contribution < -0.4 is 0 Å². The highest BCUT2D eigenvalue weighted by atomic mass is 16.6. The average molecular weight is 162 g/mol. The molecular weight excluding hydrogens is 152 g/mol. The van der Waals surface area contributed by atoms with Gasteiger partial charge in [-0.2, -0.15) is 0 Å². The number of hydrogen-bond donors (Lipinski definition) is 4. The van der Waals surface area contributed by atoms with E-state index in [1.54, 1.807) is 0 Å². The van der Waals surface area contributed by atoms with Crippen LogP contribution in [0.2, 0.25) is 0 Å². The molecule has 5 nitrogen and oxygen atoms in total. The van der Waals surface area contributed by atoms with Crippen molar-refractivity contribution in [2.24, 2.45) is 0 Å². The standard InChI is InChI=1S/C6H10O5/c1-2-3(7)4(8)5(9)6(10)11-2/h1-10H/t2-,3-,4+,5+,6?/m1/s1. The van der Waals surface area contributed by atoms with Gasteiger partial charge in [-0.3, -0.25) is 0 Å². The summed E-state index contributed by atoms with van der Waals surface area (Å²) in [5.41, 5.74) is 0. The first-order chi connectivity index (χ1) is 5.04. The van der Waals surface area contributed by atoms with Crippen molar-refractivity contribution >= 4 is 0 Å². The molecule has 0 saturated carbocycles. The maximum Gasteiger partial charge on any atom is 0.183 e. The summed E-state index contributed by atoms with van der Waals surface area (Å²) >= 11 is 0. The number of rotatable bonds is 0. The highest BCUT2D eigenvalue weighted by Crippen LogP contribution is 2.18. The van der Waals surface area contributed by atoms with Gasteiger partial charge in [0.15, 0.2) is 6.29 Å². The van der Waals surface area contributed by atoms with Gasteiger partial charge in [0, 0.05) is 0 Å². The summed E-state index contributed by atoms with van der Waals surface area (Å²) < 4.78 is 4.45. The molecule has 1 unspecified atom stereocenters. The lowest BCUT2D eigenvalue weighted by Gasteiger charge is -2.36. The van der Waals surface area contributed by atoms with Crippen molar-refractivity contribution in [3.05, 3.63) is 6.92 Å². The smallest absolute Gasteiger partial charge is 0.183 e.